The smallest absolute Gasteiger partial charge is 0.407 e. The number of rotatable bonds is 16. The van der Waals surface area contributed by atoms with Crippen molar-refractivity contribution in [2.75, 3.05) is 53.2 Å². The third kappa shape index (κ3) is 9.60. The normalized spacial score (nSPS) is 18.3. The Balaban J connectivity index is 1.24. The van der Waals surface area contributed by atoms with Crippen molar-refractivity contribution in [3.8, 4) is 0 Å². The second kappa shape index (κ2) is 17.1. The minimum absolute atomic E-state index is 0.0510. The van der Waals surface area contributed by atoms with Gasteiger partial charge in [-0.1, -0.05) is 91.0 Å². The minimum atomic E-state index is -0.949. The van der Waals surface area contributed by atoms with Crippen molar-refractivity contribution >= 4 is 16.9 Å². The van der Waals surface area contributed by atoms with Crippen LogP contribution in [0.3, 0.4) is 0 Å². The van der Waals surface area contributed by atoms with E-state index in [1.54, 1.807) is 7.11 Å². The van der Waals surface area contributed by atoms with Gasteiger partial charge in [-0.15, -0.1) is 0 Å². The molecule has 3 unspecified atom stereocenters. The zero-order valence-electron chi connectivity index (χ0n) is 25.9. The molecular weight excluding hydrogens is 570 g/mol. The van der Waals surface area contributed by atoms with E-state index in [9.17, 15) is 9.90 Å². The summed E-state index contributed by atoms with van der Waals surface area (Å²) in [5, 5.41) is 12.3. The summed E-state index contributed by atoms with van der Waals surface area (Å²) in [5.41, 5.74) is 4.35. The molecule has 4 aromatic rings. The largest absolute Gasteiger partial charge is 0.465 e. The third-order valence-electron chi connectivity index (χ3n) is 8.19. The van der Waals surface area contributed by atoms with Gasteiger partial charge in [-0.25, -0.2) is 4.79 Å². The second-order valence-corrected chi connectivity index (χ2v) is 11.4. The van der Waals surface area contributed by atoms with Crippen molar-refractivity contribution < 1.29 is 33.6 Å². The Bertz CT molecular complexity index is 1460. The molecule has 1 aliphatic rings. The zero-order chi connectivity index (χ0) is 31.3. The molecule has 3 atom stereocenters. The molecule has 0 bridgehead atoms. The molecule has 0 radical (unpaired) electrons. The number of amides is 1. The predicted octanol–water partition coefficient (Wildman–Crippen LogP) is 6.52. The number of ether oxygens (including phenoxy) is 5. The molecule has 1 aliphatic heterocycles. The van der Waals surface area contributed by atoms with Crippen LogP contribution in [0.25, 0.3) is 10.8 Å². The number of benzene rings is 4. The number of carboxylic acid groups (broad SMARTS) is 1. The van der Waals surface area contributed by atoms with Gasteiger partial charge in [0.1, 0.15) is 0 Å². The van der Waals surface area contributed by atoms with Crippen LogP contribution in [0.1, 0.15) is 28.2 Å². The van der Waals surface area contributed by atoms with Crippen LogP contribution in [0.5, 0.6) is 0 Å². The molecule has 4 aromatic carbocycles. The van der Waals surface area contributed by atoms with Crippen LogP contribution in [-0.2, 0) is 43.5 Å². The standard InChI is InChI=1S/C37H43NO7/c1-41-17-18-44-27-34-22-38(37(39)40)23-35(45-26-30-13-14-31-9-5-6-10-33(31)21-30)36(34)32-15-11-29(12-16-32)25-43-20-19-42-24-28-7-3-2-4-8-28/h2-16,21,34-36H,17-20,22-27H2,1H3,(H,39,40). The highest BCUT2D eigenvalue weighted by molar-refractivity contribution is 5.82. The average Bonchev–Trinajstić information content (AvgIpc) is 3.07. The van der Waals surface area contributed by atoms with E-state index in [-0.39, 0.29) is 24.5 Å². The third-order valence-corrected chi connectivity index (χ3v) is 8.19. The lowest BCUT2D eigenvalue weighted by atomic mass is 9.78. The number of methoxy groups -OCH3 is 1. The molecule has 1 amide bonds. The maximum Gasteiger partial charge on any atom is 0.407 e. The van der Waals surface area contributed by atoms with Crippen molar-refractivity contribution in [2.45, 2.75) is 31.8 Å². The zero-order valence-corrected chi connectivity index (χ0v) is 25.9. The molecule has 0 spiro atoms. The summed E-state index contributed by atoms with van der Waals surface area (Å²) in [4.78, 5) is 13.6. The summed E-state index contributed by atoms with van der Waals surface area (Å²) in [6, 6.07) is 33.0. The van der Waals surface area contributed by atoms with Crippen molar-refractivity contribution in [3.63, 3.8) is 0 Å². The van der Waals surface area contributed by atoms with Crippen LogP contribution < -0.4 is 0 Å². The predicted molar refractivity (Wildman–Crippen MR) is 173 cm³/mol. The Morgan fingerprint density at radius 1 is 0.711 bits per heavy atom. The fraction of sp³-hybridized carbons (Fsp3) is 0.378. The fourth-order valence-electron chi connectivity index (χ4n) is 5.88. The van der Waals surface area contributed by atoms with Crippen molar-refractivity contribution in [3.05, 3.63) is 119 Å². The Morgan fingerprint density at radius 3 is 2.07 bits per heavy atom. The molecule has 5 rings (SSSR count). The first kappa shape index (κ1) is 32.6. The molecule has 45 heavy (non-hydrogen) atoms. The molecule has 0 saturated carbocycles. The van der Waals surface area contributed by atoms with Crippen molar-refractivity contribution in [1.29, 1.82) is 0 Å². The van der Waals surface area contributed by atoms with Gasteiger partial charge < -0.3 is 33.7 Å². The molecular formula is C37H43NO7. The molecule has 0 aliphatic carbocycles. The maximum atomic E-state index is 12.2. The quantitative estimate of drug-likeness (QED) is 0.144. The summed E-state index contributed by atoms with van der Waals surface area (Å²) in [7, 11) is 1.64. The van der Waals surface area contributed by atoms with Crippen LogP contribution in [-0.4, -0.2) is 75.4 Å². The first-order valence-electron chi connectivity index (χ1n) is 15.5. The van der Waals surface area contributed by atoms with Crippen molar-refractivity contribution in [2.24, 2.45) is 5.92 Å². The molecule has 1 fully saturated rings. The van der Waals surface area contributed by atoms with E-state index >= 15 is 0 Å². The van der Waals surface area contributed by atoms with E-state index in [0.29, 0.717) is 59.4 Å². The van der Waals surface area contributed by atoms with E-state index in [1.165, 1.54) is 10.3 Å². The lowest BCUT2D eigenvalue weighted by molar-refractivity contribution is -0.0585. The van der Waals surface area contributed by atoms with Gasteiger partial charge in [-0.2, -0.15) is 0 Å². The second-order valence-electron chi connectivity index (χ2n) is 11.4. The number of fused-ring (bicyclic) bond motifs is 1. The molecule has 1 N–H and O–H groups in total. The number of piperidine rings is 1. The fourth-order valence-corrected chi connectivity index (χ4v) is 5.88. The summed E-state index contributed by atoms with van der Waals surface area (Å²) >= 11 is 0. The van der Waals surface area contributed by atoms with Crippen LogP contribution in [0.2, 0.25) is 0 Å². The minimum Gasteiger partial charge on any atom is -0.465 e. The number of carbonyl (C=O) groups is 1. The molecule has 238 valence electrons. The highest BCUT2D eigenvalue weighted by Crippen LogP contribution is 2.36. The molecule has 8 nitrogen and oxygen atoms in total. The Kier molecular flexibility index (Phi) is 12.4. The van der Waals surface area contributed by atoms with Gasteiger partial charge in [0.05, 0.1) is 65.5 Å². The van der Waals surface area contributed by atoms with Gasteiger partial charge >= 0.3 is 6.09 Å². The van der Waals surface area contributed by atoms with Gasteiger partial charge in [0, 0.05) is 25.5 Å². The van der Waals surface area contributed by atoms with E-state index in [0.717, 1.165) is 27.6 Å². The van der Waals surface area contributed by atoms with E-state index in [1.807, 2.05) is 42.5 Å². The van der Waals surface area contributed by atoms with E-state index < -0.39 is 6.09 Å². The molecule has 1 saturated heterocycles. The SMILES string of the molecule is COCCOCC1CN(C(=O)O)CC(OCc2ccc3ccccc3c2)C1c1ccc(COCCOCc2ccccc2)cc1. The average molecular weight is 614 g/mol. The number of hydrogen-bond donors (Lipinski definition) is 1. The highest BCUT2D eigenvalue weighted by atomic mass is 16.5. The first-order chi connectivity index (χ1) is 22.1. The van der Waals surface area contributed by atoms with Crippen molar-refractivity contribution in [1.82, 2.24) is 4.90 Å². The number of likely N-dealkylation sites (tertiary alicyclic amines) is 1. The lowest BCUT2D eigenvalue weighted by Gasteiger charge is -2.43. The monoisotopic (exact) mass is 613 g/mol. The van der Waals surface area contributed by atoms with Gasteiger partial charge in [0.15, 0.2) is 0 Å². The summed E-state index contributed by atoms with van der Waals surface area (Å²) < 4.78 is 29.3. The number of nitrogens with zero attached hydrogens (tertiary/aromatic N) is 1. The Morgan fingerprint density at radius 2 is 1.36 bits per heavy atom. The van der Waals surface area contributed by atoms with Crippen LogP contribution in [0.4, 0.5) is 4.79 Å². The first-order valence-corrected chi connectivity index (χ1v) is 15.5. The van der Waals surface area contributed by atoms with Crippen LogP contribution in [0.15, 0.2) is 97.1 Å². The van der Waals surface area contributed by atoms with Gasteiger partial charge in [-0.3, -0.25) is 0 Å². The van der Waals surface area contributed by atoms with E-state index in [4.69, 9.17) is 23.7 Å². The molecule has 0 aromatic heterocycles. The van der Waals surface area contributed by atoms with Crippen LogP contribution >= 0.6 is 0 Å². The lowest BCUT2D eigenvalue weighted by Crippen LogP contribution is -2.52. The van der Waals surface area contributed by atoms with Crippen LogP contribution in [0, 0.1) is 5.92 Å². The summed E-state index contributed by atoms with van der Waals surface area (Å²) in [6.45, 7) is 4.46. The topological polar surface area (TPSA) is 86.7 Å². The number of hydrogen-bond acceptors (Lipinski definition) is 6. The summed E-state index contributed by atoms with van der Waals surface area (Å²) in [5.74, 6) is -0.137. The van der Waals surface area contributed by atoms with Gasteiger partial charge in [0.25, 0.3) is 0 Å². The molecule has 1 heterocycles. The Hall–Kier alpha value is -3.79. The van der Waals surface area contributed by atoms with E-state index in [2.05, 4.69) is 54.6 Å². The van der Waals surface area contributed by atoms with Gasteiger partial charge in [0.2, 0.25) is 0 Å². The summed E-state index contributed by atoms with van der Waals surface area (Å²) in [6.07, 6.45) is -1.30. The van der Waals surface area contributed by atoms with Gasteiger partial charge in [-0.05, 0) is 39.1 Å². The maximum absolute atomic E-state index is 12.2. The molecule has 8 heteroatoms. The highest BCUT2D eigenvalue weighted by Gasteiger charge is 2.40. The Labute approximate surface area is 265 Å².